The van der Waals surface area contributed by atoms with Gasteiger partial charge in [-0.05, 0) is 26.2 Å². The third-order valence-electron chi connectivity index (χ3n) is 6.74. The first-order chi connectivity index (χ1) is 16.7. The lowest BCUT2D eigenvalue weighted by molar-refractivity contribution is -0.837. The number of carbonyl (C=O) groups is 1. The van der Waals surface area contributed by atoms with Crippen LogP contribution in [0.4, 0.5) is 0 Å². The van der Waals surface area contributed by atoms with Crippen LogP contribution in [0.1, 0.15) is 96.8 Å². The van der Waals surface area contributed by atoms with Gasteiger partial charge in [-0.25, -0.2) is 4.99 Å². The van der Waals surface area contributed by atoms with Crippen LogP contribution in [0.2, 0.25) is 0 Å². The largest absolute Gasteiger partial charge is 0.390 e. The van der Waals surface area contributed by atoms with Gasteiger partial charge in [-0.1, -0.05) is 76.4 Å². The molecule has 0 amide bonds. The number of quaternary nitrogens is 1. The highest BCUT2D eigenvalue weighted by atomic mass is 32.2. The summed E-state index contributed by atoms with van der Waals surface area (Å²) in [5, 5.41) is 19.7. The Morgan fingerprint density at radius 3 is 2.06 bits per heavy atom. The minimum absolute atomic E-state index is 0.0260. The Balaban J connectivity index is 2.21. The van der Waals surface area contributed by atoms with Crippen molar-refractivity contribution in [3.8, 4) is 0 Å². The molecule has 0 fully saturated rings. The number of ketones is 1. The second-order valence-corrected chi connectivity index (χ2v) is 11.4. The molecule has 0 bridgehead atoms. The SMILES string of the molecule is C/C=C/CCCCCCCCCCCCCCC(=O)C1=NCC[N+]1(CCO)CC(O)CS(=O)(=O)O. The number of rotatable bonds is 22. The first kappa shape index (κ1) is 31.9. The van der Waals surface area contributed by atoms with Crippen molar-refractivity contribution in [3.63, 3.8) is 0 Å². The van der Waals surface area contributed by atoms with Gasteiger partial charge >= 0.3 is 0 Å². The summed E-state index contributed by atoms with van der Waals surface area (Å²) in [5.74, 6) is -0.576. The van der Waals surface area contributed by atoms with E-state index in [1.807, 2.05) is 0 Å². The molecule has 0 saturated carbocycles. The van der Waals surface area contributed by atoms with E-state index in [-0.39, 0.29) is 30.0 Å². The number of aliphatic hydroxyl groups is 2. The van der Waals surface area contributed by atoms with Crippen LogP contribution in [0.15, 0.2) is 17.1 Å². The van der Waals surface area contributed by atoms with Crippen LogP contribution < -0.4 is 0 Å². The smallest absolute Gasteiger partial charge is 0.267 e. The number of allylic oxidation sites excluding steroid dienone is 2. The first-order valence-corrected chi connectivity index (χ1v) is 15.1. The van der Waals surface area contributed by atoms with Crippen molar-refractivity contribution >= 4 is 21.7 Å². The van der Waals surface area contributed by atoms with Gasteiger partial charge in [0.05, 0.1) is 13.2 Å². The van der Waals surface area contributed by atoms with E-state index in [4.69, 9.17) is 4.55 Å². The molecule has 0 spiro atoms. The molecule has 1 aliphatic heterocycles. The maximum Gasteiger partial charge on any atom is 0.267 e. The molecule has 2 unspecified atom stereocenters. The molecule has 0 aromatic heterocycles. The normalized spacial score (nSPS) is 19.4. The van der Waals surface area contributed by atoms with Crippen molar-refractivity contribution in [2.75, 3.05) is 38.5 Å². The zero-order valence-corrected chi connectivity index (χ0v) is 22.6. The molecule has 204 valence electrons. The lowest BCUT2D eigenvalue weighted by Crippen LogP contribution is -2.59. The van der Waals surface area contributed by atoms with Crippen LogP contribution in [-0.4, -0.2) is 83.9 Å². The molecule has 2 atom stereocenters. The maximum atomic E-state index is 12.9. The third-order valence-corrected chi connectivity index (χ3v) is 7.55. The summed E-state index contributed by atoms with van der Waals surface area (Å²) in [6, 6.07) is 0. The van der Waals surface area contributed by atoms with Gasteiger partial charge in [0.15, 0.2) is 0 Å². The molecule has 0 aromatic rings. The monoisotopic (exact) mass is 517 g/mol. The van der Waals surface area contributed by atoms with Crippen molar-refractivity contribution in [2.24, 2.45) is 4.99 Å². The number of aliphatic imine (C=N–C) groups is 1. The second-order valence-electron chi connectivity index (χ2n) is 9.88. The summed E-state index contributed by atoms with van der Waals surface area (Å²) < 4.78 is 31.2. The van der Waals surface area contributed by atoms with E-state index < -0.39 is 22.0 Å². The molecular formula is C26H49N2O6S+. The Labute approximate surface area is 212 Å². The van der Waals surface area contributed by atoms with E-state index in [9.17, 15) is 23.4 Å². The highest BCUT2D eigenvalue weighted by molar-refractivity contribution is 7.85. The zero-order valence-electron chi connectivity index (χ0n) is 21.7. The van der Waals surface area contributed by atoms with Gasteiger partial charge in [0.2, 0.25) is 5.78 Å². The fourth-order valence-corrected chi connectivity index (χ4v) is 5.52. The van der Waals surface area contributed by atoms with Gasteiger partial charge < -0.3 is 10.2 Å². The molecule has 0 aromatic carbocycles. The van der Waals surface area contributed by atoms with Gasteiger partial charge in [-0.15, -0.1) is 0 Å². The quantitative estimate of drug-likeness (QED) is 0.0861. The number of aliphatic hydroxyl groups excluding tert-OH is 2. The Kier molecular flexibility index (Phi) is 16.6. The summed E-state index contributed by atoms with van der Waals surface area (Å²) >= 11 is 0. The fourth-order valence-electron chi connectivity index (χ4n) is 4.93. The lowest BCUT2D eigenvalue weighted by atomic mass is 10.0. The molecule has 0 aliphatic carbocycles. The Hall–Kier alpha value is -1.13. The molecule has 1 rings (SSSR count). The van der Waals surface area contributed by atoms with Gasteiger partial charge in [-0.2, -0.15) is 8.42 Å². The molecule has 0 saturated heterocycles. The molecule has 1 heterocycles. The third kappa shape index (κ3) is 14.3. The predicted octanol–water partition coefficient (Wildman–Crippen LogP) is 4.06. The first-order valence-electron chi connectivity index (χ1n) is 13.5. The minimum Gasteiger partial charge on any atom is -0.390 e. The molecule has 35 heavy (non-hydrogen) atoms. The molecule has 1 aliphatic rings. The summed E-state index contributed by atoms with van der Waals surface area (Å²) in [6.07, 6.45) is 19.1. The number of Topliss-reactive ketones (excluding diaryl/α,β-unsaturated/α-hetero) is 1. The van der Waals surface area contributed by atoms with Gasteiger partial charge in [-0.3, -0.25) is 13.8 Å². The van der Waals surface area contributed by atoms with E-state index in [1.54, 1.807) is 0 Å². The predicted molar refractivity (Wildman–Crippen MR) is 141 cm³/mol. The zero-order chi connectivity index (χ0) is 26.0. The molecular weight excluding hydrogens is 468 g/mol. The van der Waals surface area contributed by atoms with Crippen molar-refractivity contribution in [2.45, 2.75) is 103 Å². The van der Waals surface area contributed by atoms with Crippen LogP contribution in [0.3, 0.4) is 0 Å². The van der Waals surface area contributed by atoms with Gasteiger partial charge in [0.1, 0.15) is 31.5 Å². The standard InChI is InChI=1S/C26H48N2O6S/c1-2-3-4-5-6-7-8-9-10-11-12-13-14-15-16-17-25(31)26-27-18-19-28(26,20-21-29)22-24(30)23-35(32,33)34/h2-3,24,29-30H,4-23H2,1H3/p+1/b3-2+. The van der Waals surface area contributed by atoms with Crippen LogP contribution in [0, 0.1) is 0 Å². The van der Waals surface area contributed by atoms with Crippen molar-refractivity contribution in [1.82, 2.24) is 0 Å². The molecule has 9 heteroatoms. The number of nitrogens with zero attached hydrogens (tertiary/aromatic N) is 2. The van der Waals surface area contributed by atoms with Crippen molar-refractivity contribution < 1.29 is 32.5 Å². The van der Waals surface area contributed by atoms with E-state index in [0.29, 0.717) is 25.3 Å². The Morgan fingerprint density at radius 2 is 1.54 bits per heavy atom. The molecule has 3 N–H and O–H groups in total. The fraction of sp³-hybridized carbons (Fsp3) is 0.846. The van der Waals surface area contributed by atoms with E-state index in [2.05, 4.69) is 24.1 Å². The minimum atomic E-state index is -4.33. The summed E-state index contributed by atoms with van der Waals surface area (Å²) in [7, 11) is -4.33. The number of carbonyl (C=O) groups excluding carboxylic acids is 1. The molecule has 8 nitrogen and oxygen atoms in total. The van der Waals surface area contributed by atoms with Crippen LogP contribution in [0.25, 0.3) is 0 Å². The van der Waals surface area contributed by atoms with E-state index in [0.717, 1.165) is 19.3 Å². The molecule has 0 radical (unpaired) electrons. The average molecular weight is 518 g/mol. The highest BCUT2D eigenvalue weighted by Gasteiger charge is 2.43. The Bertz CT molecular complexity index is 753. The van der Waals surface area contributed by atoms with Crippen LogP contribution in [-0.2, 0) is 14.9 Å². The van der Waals surface area contributed by atoms with Gasteiger partial charge in [0, 0.05) is 6.42 Å². The number of amidine groups is 1. The average Bonchev–Trinajstić information content (AvgIpc) is 3.18. The van der Waals surface area contributed by atoms with E-state index >= 15 is 0 Å². The maximum absolute atomic E-state index is 12.9. The topological polar surface area (TPSA) is 124 Å². The number of unbranched alkanes of at least 4 members (excludes halogenated alkanes) is 12. The van der Waals surface area contributed by atoms with Crippen molar-refractivity contribution in [1.29, 1.82) is 0 Å². The second kappa shape index (κ2) is 18.2. The highest BCUT2D eigenvalue weighted by Crippen LogP contribution is 2.20. The Morgan fingerprint density at radius 1 is 1.00 bits per heavy atom. The summed E-state index contributed by atoms with van der Waals surface area (Å²) in [4.78, 5) is 17.2. The summed E-state index contributed by atoms with van der Waals surface area (Å²) in [6.45, 7) is 2.81. The summed E-state index contributed by atoms with van der Waals surface area (Å²) in [5.41, 5.74) is 0. The van der Waals surface area contributed by atoms with Gasteiger partial charge in [0.25, 0.3) is 16.0 Å². The van der Waals surface area contributed by atoms with Crippen LogP contribution >= 0.6 is 0 Å². The lowest BCUT2D eigenvalue weighted by Gasteiger charge is -2.34. The van der Waals surface area contributed by atoms with E-state index in [1.165, 1.54) is 64.2 Å². The van der Waals surface area contributed by atoms with Crippen molar-refractivity contribution in [3.05, 3.63) is 12.2 Å². The number of hydrogen-bond donors (Lipinski definition) is 3. The van der Waals surface area contributed by atoms with Crippen LogP contribution in [0.5, 0.6) is 0 Å². The number of hydrogen-bond acceptors (Lipinski definition) is 6.